The minimum atomic E-state index is 0.0874. The molecule has 17 heavy (non-hydrogen) atoms. The standard InChI is InChI=1S/C14H21NOS/c1-10(2)8-17-9-14(16)15-13-7-5-6-11(3)12(13)4/h5-7,10H,8-9H2,1-4H3,(H,15,16). The van der Waals surface area contributed by atoms with Crippen molar-refractivity contribution in [1.82, 2.24) is 0 Å². The van der Waals surface area contributed by atoms with E-state index in [0.29, 0.717) is 11.7 Å². The Balaban J connectivity index is 2.48. The van der Waals surface area contributed by atoms with Gasteiger partial charge in [-0.1, -0.05) is 26.0 Å². The molecular weight excluding hydrogens is 230 g/mol. The number of carbonyl (C=O) groups excluding carboxylic acids is 1. The Morgan fingerprint density at radius 1 is 1.35 bits per heavy atom. The van der Waals surface area contributed by atoms with Crippen molar-refractivity contribution in [2.45, 2.75) is 27.7 Å². The highest BCUT2D eigenvalue weighted by molar-refractivity contribution is 7.99. The van der Waals surface area contributed by atoms with Crippen LogP contribution < -0.4 is 5.32 Å². The van der Waals surface area contributed by atoms with Crippen LogP contribution >= 0.6 is 11.8 Å². The van der Waals surface area contributed by atoms with E-state index in [-0.39, 0.29) is 5.91 Å². The summed E-state index contributed by atoms with van der Waals surface area (Å²) in [5.41, 5.74) is 3.28. The minimum absolute atomic E-state index is 0.0874. The highest BCUT2D eigenvalue weighted by atomic mass is 32.2. The third kappa shape index (κ3) is 4.82. The molecule has 0 aliphatic rings. The van der Waals surface area contributed by atoms with E-state index in [2.05, 4.69) is 32.2 Å². The van der Waals surface area contributed by atoms with Gasteiger partial charge in [0.2, 0.25) is 5.91 Å². The van der Waals surface area contributed by atoms with Crippen LogP contribution in [0.3, 0.4) is 0 Å². The Bertz CT molecular complexity index is 388. The third-order valence-corrected chi connectivity index (χ3v) is 3.93. The molecule has 0 aliphatic carbocycles. The molecule has 0 fully saturated rings. The van der Waals surface area contributed by atoms with Gasteiger partial charge < -0.3 is 5.32 Å². The molecule has 1 rings (SSSR count). The molecule has 0 unspecified atom stereocenters. The first-order valence-electron chi connectivity index (χ1n) is 5.94. The summed E-state index contributed by atoms with van der Waals surface area (Å²) in [5.74, 6) is 2.28. The summed E-state index contributed by atoms with van der Waals surface area (Å²) >= 11 is 1.69. The fraction of sp³-hybridized carbons (Fsp3) is 0.500. The molecule has 3 heteroatoms. The molecule has 2 nitrogen and oxygen atoms in total. The van der Waals surface area contributed by atoms with Crippen molar-refractivity contribution in [1.29, 1.82) is 0 Å². The lowest BCUT2D eigenvalue weighted by atomic mass is 10.1. The molecular formula is C14H21NOS. The minimum Gasteiger partial charge on any atom is -0.325 e. The molecule has 1 amide bonds. The van der Waals surface area contributed by atoms with E-state index < -0.39 is 0 Å². The number of thioether (sulfide) groups is 1. The van der Waals surface area contributed by atoms with Crippen LogP contribution in [-0.4, -0.2) is 17.4 Å². The Kier molecular flexibility index (Phi) is 5.56. The van der Waals surface area contributed by atoms with Gasteiger partial charge in [0, 0.05) is 5.69 Å². The van der Waals surface area contributed by atoms with Gasteiger partial charge in [0.1, 0.15) is 0 Å². The smallest absolute Gasteiger partial charge is 0.234 e. The largest absolute Gasteiger partial charge is 0.325 e. The van der Waals surface area contributed by atoms with E-state index >= 15 is 0 Å². The van der Waals surface area contributed by atoms with Crippen LogP contribution in [-0.2, 0) is 4.79 Å². The van der Waals surface area contributed by atoms with Crippen LogP contribution in [0.1, 0.15) is 25.0 Å². The zero-order valence-corrected chi connectivity index (χ0v) is 11.9. The first-order chi connectivity index (χ1) is 8.00. The van der Waals surface area contributed by atoms with Gasteiger partial charge in [-0.3, -0.25) is 4.79 Å². The third-order valence-electron chi connectivity index (χ3n) is 2.56. The maximum atomic E-state index is 11.7. The van der Waals surface area contributed by atoms with Gasteiger partial charge in [0.15, 0.2) is 0 Å². The summed E-state index contributed by atoms with van der Waals surface area (Å²) in [6, 6.07) is 5.98. The number of aryl methyl sites for hydroxylation is 1. The Hall–Kier alpha value is -0.960. The Morgan fingerprint density at radius 2 is 2.06 bits per heavy atom. The van der Waals surface area contributed by atoms with Crippen molar-refractivity contribution in [3.05, 3.63) is 29.3 Å². The van der Waals surface area contributed by atoms with Crippen LogP contribution in [0.2, 0.25) is 0 Å². The second kappa shape index (κ2) is 6.70. The number of anilines is 1. The lowest BCUT2D eigenvalue weighted by Gasteiger charge is -2.10. The summed E-state index contributed by atoms with van der Waals surface area (Å²) in [6.07, 6.45) is 0. The average Bonchev–Trinajstić information content (AvgIpc) is 2.24. The summed E-state index contributed by atoms with van der Waals surface area (Å²) in [5, 5.41) is 2.96. The number of hydrogen-bond donors (Lipinski definition) is 1. The van der Waals surface area contributed by atoms with E-state index in [1.54, 1.807) is 11.8 Å². The van der Waals surface area contributed by atoms with Crippen molar-refractivity contribution in [3.8, 4) is 0 Å². The first-order valence-corrected chi connectivity index (χ1v) is 7.10. The molecule has 94 valence electrons. The first kappa shape index (κ1) is 14.1. The summed E-state index contributed by atoms with van der Waals surface area (Å²) in [6.45, 7) is 8.41. The van der Waals surface area contributed by atoms with Gasteiger partial charge in [-0.2, -0.15) is 11.8 Å². The van der Waals surface area contributed by atoms with Crippen molar-refractivity contribution in [3.63, 3.8) is 0 Å². The van der Waals surface area contributed by atoms with E-state index in [0.717, 1.165) is 17.0 Å². The van der Waals surface area contributed by atoms with Crippen molar-refractivity contribution >= 4 is 23.4 Å². The Labute approximate surface area is 108 Å². The molecule has 1 aromatic carbocycles. The quantitative estimate of drug-likeness (QED) is 0.865. The average molecular weight is 251 g/mol. The highest BCUT2D eigenvalue weighted by Crippen LogP contribution is 2.18. The van der Waals surface area contributed by atoms with Crippen molar-refractivity contribution < 1.29 is 4.79 Å². The topological polar surface area (TPSA) is 29.1 Å². The van der Waals surface area contributed by atoms with Gasteiger partial charge in [0.05, 0.1) is 5.75 Å². The van der Waals surface area contributed by atoms with Gasteiger partial charge in [0.25, 0.3) is 0 Å². The fourth-order valence-corrected chi connectivity index (χ4v) is 2.31. The number of benzene rings is 1. The lowest BCUT2D eigenvalue weighted by Crippen LogP contribution is -2.15. The molecule has 0 aromatic heterocycles. The predicted octanol–water partition coefficient (Wildman–Crippen LogP) is 3.63. The zero-order valence-electron chi connectivity index (χ0n) is 11.0. The van der Waals surface area contributed by atoms with Crippen LogP contribution in [0.25, 0.3) is 0 Å². The zero-order chi connectivity index (χ0) is 12.8. The predicted molar refractivity (Wildman–Crippen MR) is 76.7 cm³/mol. The van der Waals surface area contributed by atoms with Crippen LogP contribution in [0.4, 0.5) is 5.69 Å². The fourth-order valence-electron chi connectivity index (χ4n) is 1.46. The summed E-state index contributed by atoms with van der Waals surface area (Å²) in [4.78, 5) is 11.7. The highest BCUT2D eigenvalue weighted by Gasteiger charge is 2.06. The van der Waals surface area contributed by atoms with E-state index in [4.69, 9.17) is 0 Å². The number of rotatable bonds is 5. The van der Waals surface area contributed by atoms with Crippen LogP contribution in [0.15, 0.2) is 18.2 Å². The van der Waals surface area contributed by atoms with Crippen LogP contribution in [0.5, 0.6) is 0 Å². The lowest BCUT2D eigenvalue weighted by molar-refractivity contribution is -0.113. The molecule has 1 aromatic rings. The molecule has 0 heterocycles. The number of nitrogens with one attached hydrogen (secondary N) is 1. The number of hydrogen-bond acceptors (Lipinski definition) is 2. The molecule has 0 saturated heterocycles. The monoisotopic (exact) mass is 251 g/mol. The Morgan fingerprint density at radius 3 is 2.71 bits per heavy atom. The van der Waals surface area contributed by atoms with Gasteiger partial charge in [-0.15, -0.1) is 0 Å². The number of amides is 1. The maximum Gasteiger partial charge on any atom is 0.234 e. The van der Waals surface area contributed by atoms with E-state index in [9.17, 15) is 4.79 Å². The van der Waals surface area contributed by atoms with Crippen molar-refractivity contribution in [2.24, 2.45) is 5.92 Å². The second-order valence-electron chi connectivity index (χ2n) is 4.70. The summed E-state index contributed by atoms with van der Waals surface area (Å²) in [7, 11) is 0. The van der Waals surface area contributed by atoms with Gasteiger partial charge in [-0.25, -0.2) is 0 Å². The number of carbonyl (C=O) groups is 1. The van der Waals surface area contributed by atoms with Crippen LogP contribution in [0, 0.1) is 19.8 Å². The molecule has 0 aliphatic heterocycles. The second-order valence-corrected chi connectivity index (χ2v) is 5.73. The van der Waals surface area contributed by atoms with E-state index in [1.165, 1.54) is 5.56 Å². The summed E-state index contributed by atoms with van der Waals surface area (Å²) < 4.78 is 0. The maximum absolute atomic E-state index is 11.7. The molecule has 0 saturated carbocycles. The molecule has 0 radical (unpaired) electrons. The molecule has 0 atom stereocenters. The SMILES string of the molecule is Cc1cccc(NC(=O)CSCC(C)C)c1C. The van der Waals surface area contributed by atoms with Crippen molar-refractivity contribution in [2.75, 3.05) is 16.8 Å². The van der Waals surface area contributed by atoms with Gasteiger partial charge >= 0.3 is 0 Å². The molecule has 0 spiro atoms. The molecule has 0 bridgehead atoms. The van der Waals surface area contributed by atoms with Gasteiger partial charge in [-0.05, 0) is 42.7 Å². The van der Waals surface area contributed by atoms with E-state index in [1.807, 2.05) is 19.1 Å². The molecule has 1 N–H and O–H groups in total. The normalized spacial score (nSPS) is 10.6.